The van der Waals surface area contributed by atoms with Gasteiger partial charge in [0.2, 0.25) is 0 Å². The van der Waals surface area contributed by atoms with Crippen LogP contribution in [0.1, 0.15) is 0 Å². The summed E-state index contributed by atoms with van der Waals surface area (Å²) >= 11 is 0. The molecule has 9 nitrogen and oxygen atoms in total. The Morgan fingerprint density at radius 3 is 1.09 bits per heavy atom. The van der Waals surface area contributed by atoms with Gasteiger partial charge in [0.15, 0.2) is 0 Å². The number of carbonyl (C=O) groups excluding carboxylic acids is 1. The van der Waals surface area contributed by atoms with Crippen LogP contribution < -0.4 is 5.11 Å². The third kappa shape index (κ3) is 199. The van der Waals surface area contributed by atoms with Gasteiger partial charge >= 0.3 is 84.6 Å². The first kappa shape index (κ1) is 59.4. The molecule has 0 atom stereocenters. The van der Waals surface area contributed by atoms with Crippen molar-refractivity contribution in [3.05, 3.63) is 58.3 Å². The molecule has 120 valence electrons. The van der Waals surface area contributed by atoms with Crippen LogP contribution in [0, 0.1) is 39.9 Å². The molecule has 0 saturated carbocycles. The molecule has 0 unspecified atom stereocenters. The monoisotopic (exact) mass is 398 g/mol. The normalized spacial score (nSPS) is 3.09. The Bertz CT molecular complexity index is 289. The molecule has 0 aromatic carbocycles. The molecule has 1 aromatic heterocycles. The Balaban J connectivity index is -0.0000000135. The predicted molar refractivity (Wildman–Crippen MR) is 48.5 cm³/mol. The number of rotatable bonds is 0. The van der Waals surface area contributed by atoms with Crippen molar-refractivity contribution in [2.24, 2.45) is 0 Å². The molecule has 0 aliphatic heterocycles. The van der Waals surface area contributed by atoms with Crippen molar-refractivity contribution in [3.8, 4) is 5.95 Å². The van der Waals surface area contributed by atoms with Crippen molar-refractivity contribution in [2.45, 2.75) is 0 Å². The largest absolute Gasteiger partial charge is 2.00 e. The topological polar surface area (TPSA) is 173 Å². The Morgan fingerprint density at radius 2 is 1.05 bits per heavy atom. The molecule has 11 heteroatoms. The second kappa shape index (κ2) is 235. The molecule has 0 saturated heterocycles. The Morgan fingerprint density at radius 1 is 0.818 bits per heavy atom. The molecule has 0 aliphatic rings. The number of furan rings is 1. The van der Waals surface area contributed by atoms with Crippen LogP contribution in [0.3, 0.4) is 0 Å². The molecule has 2 radical (unpaired) electrons. The summed E-state index contributed by atoms with van der Waals surface area (Å²) in [6, 6.07) is 2.92. The Hall–Kier alpha value is -1.80. The average molecular weight is 398 g/mol. The zero-order valence-corrected chi connectivity index (χ0v) is 12.2. The fraction of sp³-hybridized carbons (Fsp3) is 0. The Kier molecular flexibility index (Phi) is 634. The van der Waals surface area contributed by atoms with E-state index >= 15 is 0 Å². The van der Waals surface area contributed by atoms with E-state index in [9.17, 15) is 5.11 Å². The molecule has 1 aromatic rings. The van der Waals surface area contributed by atoms with Crippen molar-refractivity contribution in [1.29, 1.82) is 0 Å². The molecular weight excluding hydrogens is 394 g/mol. The molecule has 0 spiro atoms. The molecule has 1 rings (SSSR count). The minimum Gasteiger partial charge on any atom is -0.587 e. The van der Waals surface area contributed by atoms with Crippen LogP contribution in [0.4, 0.5) is 0 Å². The van der Waals surface area contributed by atoms with Gasteiger partial charge in [-0.05, 0) is 12.3 Å². The Labute approximate surface area is 147 Å². The van der Waals surface area contributed by atoms with Gasteiger partial charge in [-0.2, -0.15) is 0 Å². The maximum atomic E-state index is 9.90. The summed E-state index contributed by atoms with van der Waals surface area (Å²) in [7, 11) is 0. The van der Waals surface area contributed by atoms with Crippen LogP contribution >= 0.6 is 0 Å². The molecule has 0 amide bonds. The summed E-state index contributed by atoms with van der Waals surface area (Å²) in [5, 5.41) is 9.90. The third-order valence-corrected chi connectivity index (χ3v) is 0.495. The van der Waals surface area contributed by atoms with Crippen LogP contribution in [0.25, 0.3) is 0 Å². The van der Waals surface area contributed by atoms with Crippen LogP contribution in [-0.4, -0.2) is 6.79 Å². The van der Waals surface area contributed by atoms with Crippen LogP contribution in [0.2, 0.25) is 0 Å². The first-order valence-electron chi connectivity index (χ1n) is 3.06. The van der Waals surface area contributed by atoms with Gasteiger partial charge in [-0.1, -0.05) is 6.07 Å². The van der Waals surface area contributed by atoms with Gasteiger partial charge in [-0.25, -0.2) is 0 Å². The van der Waals surface area contributed by atoms with Crippen molar-refractivity contribution >= 4 is 6.79 Å². The van der Waals surface area contributed by atoms with E-state index < -0.39 is 0 Å². The van der Waals surface area contributed by atoms with Gasteiger partial charge in [-0.3, -0.25) is 6.79 Å². The van der Waals surface area contributed by atoms with E-state index in [0.29, 0.717) is 0 Å². The van der Waals surface area contributed by atoms with E-state index in [4.69, 9.17) is 32.7 Å². The predicted octanol–water partition coefficient (Wildman–Crippen LogP) is -0.151. The quantitative estimate of drug-likeness (QED) is 0.336. The molecule has 0 fully saturated rings. The molecule has 1 heterocycles. The molecule has 0 bridgehead atoms. The summed E-state index contributed by atoms with van der Waals surface area (Å²) in [6.07, 6.45) is 1.35. The zero-order chi connectivity index (χ0) is 18.4. The first-order chi connectivity index (χ1) is 9.89. The minimum absolute atomic E-state index is 0. The number of hydrogen-bond acceptors (Lipinski definition) is 3. The fourth-order valence-electron chi connectivity index (χ4n) is 0.263. The van der Waals surface area contributed by atoms with Crippen molar-refractivity contribution < 1.29 is 75.8 Å². The number of hydrogen-bond donors (Lipinski definition) is 0. The summed E-state index contributed by atoms with van der Waals surface area (Å²) in [5.41, 5.74) is 0. The van der Waals surface area contributed by atoms with Crippen molar-refractivity contribution in [3.63, 3.8) is 0 Å². The minimum atomic E-state index is -0.282. The van der Waals surface area contributed by atoms with E-state index in [2.05, 4.69) is 51.1 Å². The summed E-state index contributed by atoms with van der Waals surface area (Å²) in [5.74, 6) is -0.282. The van der Waals surface area contributed by atoms with E-state index in [0.717, 1.165) is 0 Å². The smallest absolute Gasteiger partial charge is 0.587 e. The third-order valence-electron chi connectivity index (χ3n) is 0.495. The average Bonchev–Trinajstić information content (AvgIpc) is 3.11. The molecule has 0 N–H and O–H groups in total. The van der Waals surface area contributed by atoms with E-state index in [-0.39, 0.29) is 39.5 Å². The fourth-order valence-corrected chi connectivity index (χ4v) is 0.263. The van der Waals surface area contributed by atoms with Gasteiger partial charge in [0.05, 0.1) is 5.95 Å². The van der Waals surface area contributed by atoms with E-state index in [1.54, 1.807) is 6.07 Å². The van der Waals surface area contributed by atoms with E-state index in [1.807, 2.05) is 0 Å². The van der Waals surface area contributed by atoms with E-state index in [1.165, 1.54) is 12.3 Å². The van der Waals surface area contributed by atoms with Gasteiger partial charge in [0.25, 0.3) is 0 Å². The van der Waals surface area contributed by atoms with Gasteiger partial charge in [0.1, 0.15) is 0 Å². The molecule has 0 aliphatic carbocycles. The summed E-state index contributed by atoms with van der Waals surface area (Å²) < 4.78 is 49.3. The van der Waals surface area contributed by atoms with Crippen molar-refractivity contribution in [1.82, 2.24) is 0 Å². The molecular formula is C11H4Co2O9. The second-order valence-corrected chi connectivity index (χ2v) is 0.932. The van der Waals surface area contributed by atoms with Crippen LogP contribution in [-0.2, 0) is 66.3 Å². The second-order valence-electron chi connectivity index (χ2n) is 0.932. The van der Waals surface area contributed by atoms with Gasteiger partial charge < -0.3 is 14.3 Å². The summed E-state index contributed by atoms with van der Waals surface area (Å²) in [6.45, 7) is 30.2. The van der Waals surface area contributed by atoms with Gasteiger partial charge in [0, 0.05) is 16.8 Å². The van der Waals surface area contributed by atoms with Crippen molar-refractivity contribution in [2.75, 3.05) is 0 Å². The maximum Gasteiger partial charge on any atom is 2.00 e. The standard InChI is InChI=1S/C4H4O2.CHO.6CO.2Co/c5-4-2-1-3-6-4;7*1-2;;/h1-3,5H;1H;;;;;;;;/q;-1;;;;;;;;+2/p-1. The first-order valence-corrected chi connectivity index (χ1v) is 3.06. The SMILES string of the molecule is [C-]#[O+].[C-]#[O+].[C-]#[O+].[C-]#[O+].[C-]#[O+].[C-]#[O+].[CH-]=O.[Co+2].[Co].[O-]c1ccco1. The van der Waals surface area contributed by atoms with Crippen LogP contribution in [0.15, 0.2) is 22.8 Å². The van der Waals surface area contributed by atoms with Gasteiger partial charge in [-0.15, -0.1) is 0 Å². The summed E-state index contributed by atoms with van der Waals surface area (Å²) in [4.78, 5) is 7.75. The maximum absolute atomic E-state index is 9.90. The van der Waals surface area contributed by atoms with Crippen LogP contribution in [0.5, 0.6) is 5.95 Å². The zero-order valence-electron chi connectivity index (χ0n) is 10.2. The molecule has 22 heavy (non-hydrogen) atoms.